The zero-order valence-electron chi connectivity index (χ0n) is 17.0. The first-order valence-corrected chi connectivity index (χ1v) is 10.0. The van der Waals surface area contributed by atoms with Gasteiger partial charge in [-0.2, -0.15) is 0 Å². The summed E-state index contributed by atoms with van der Waals surface area (Å²) in [4.78, 5) is 21.8. The molecule has 2 aromatic rings. The maximum atomic E-state index is 12.5. The molecule has 0 spiro atoms. The van der Waals surface area contributed by atoms with E-state index in [-0.39, 0.29) is 5.91 Å². The Morgan fingerprint density at radius 2 is 1.89 bits per heavy atom. The van der Waals surface area contributed by atoms with Crippen molar-refractivity contribution in [1.82, 2.24) is 9.97 Å². The van der Waals surface area contributed by atoms with E-state index in [2.05, 4.69) is 10.3 Å². The smallest absolute Gasteiger partial charge is 0.225 e. The molecule has 1 aliphatic carbocycles. The molecule has 1 fully saturated rings. The highest BCUT2D eigenvalue weighted by Crippen LogP contribution is 2.27. The third kappa shape index (κ3) is 5.41. The van der Waals surface area contributed by atoms with Gasteiger partial charge in [0.05, 0.1) is 19.0 Å². The quantitative estimate of drug-likeness (QED) is 0.721. The Morgan fingerprint density at radius 1 is 1.18 bits per heavy atom. The number of carbonyl (C=O) groups is 1. The van der Waals surface area contributed by atoms with Gasteiger partial charge in [0.25, 0.3) is 0 Å². The number of hydrogen-bond acceptors (Lipinski definition) is 4. The molecular weight excluding hydrogens is 350 g/mol. The summed E-state index contributed by atoms with van der Waals surface area (Å²) >= 11 is 0. The van der Waals surface area contributed by atoms with Gasteiger partial charge in [-0.15, -0.1) is 0 Å². The number of amides is 1. The van der Waals surface area contributed by atoms with Gasteiger partial charge in [0.1, 0.15) is 11.4 Å². The molecule has 148 valence electrons. The molecule has 0 saturated heterocycles. The number of carbonyl (C=O) groups excluding carboxylic acids is 1. The summed E-state index contributed by atoms with van der Waals surface area (Å²) in [5.41, 5.74) is 3.51. The molecule has 5 nitrogen and oxygen atoms in total. The summed E-state index contributed by atoms with van der Waals surface area (Å²) < 4.78 is 5.21. The molecular formula is C23H29N3O2. The fourth-order valence-electron chi connectivity index (χ4n) is 3.61. The number of nitrogens with one attached hydrogen (secondary N) is 1. The Bertz CT molecular complexity index is 833. The van der Waals surface area contributed by atoms with Crippen molar-refractivity contribution < 1.29 is 9.53 Å². The minimum atomic E-state index is 0.0294. The maximum Gasteiger partial charge on any atom is 0.225 e. The van der Waals surface area contributed by atoms with Crippen molar-refractivity contribution in [2.45, 2.75) is 52.4 Å². The van der Waals surface area contributed by atoms with Crippen molar-refractivity contribution in [3.8, 4) is 17.0 Å². The van der Waals surface area contributed by atoms with E-state index in [1.807, 2.05) is 44.2 Å². The third-order valence-corrected chi connectivity index (χ3v) is 5.07. The molecule has 0 unspecified atom stereocenters. The molecule has 1 saturated carbocycles. The van der Waals surface area contributed by atoms with Crippen LogP contribution in [0.25, 0.3) is 17.3 Å². The fraction of sp³-hybridized carbons (Fsp3) is 0.435. The van der Waals surface area contributed by atoms with Crippen LogP contribution in [0.5, 0.6) is 5.75 Å². The second kappa shape index (κ2) is 9.49. The van der Waals surface area contributed by atoms with Gasteiger partial charge < -0.3 is 10.1 Å². The minimum absolute atomic E-state index is 0.0294. The van der Waals surface area contributed by atoms with Gasteiger partial charge >= 0.3 is 0 Å². The lowest BCUT2D eigenvalue weighted by atomic mass is 9.87. The van der Waals surface area contributed by atoms with E-state index in [4.69, 9.17) is 9.72 Å². The van der Waals surface area contributed by atoms with Crippen LogP contribution in [0.3, 0.4) is 0 Å². The summed E-state index contributed by atoms with van der Waals surface area (Å²) in [7, 11) is 1.65. The summed E-state index contributed by atoms with van der Waals surface area (Å²) in [6.45, 7) is 4.02. The molecule has 1 aromatic carbocycles. The number of allylic oxidation sites excluding steroid dienone is 1. The third-order valence-electron chi connectivity index (χ3n) is 5.07. The molecule has 0 aliphatic heterocycles. The summed E-state index contributed by atoms with van der Waals surface area (Å²) in [5, 5.41) is 2.98. The first-order chi connectivity index (χ1) is 13.5. The first-order valence-electron chi connectivity index (χ1n) is 10.0. The van der Waals surface area contributed by atoms with E-state index in [9.17, 15) is 4.79 Å². The van der Waals surface area contributed by atoms with E-state index < -0.39 is 0 Å². The topological polar surface area (TPSA) is 64.1 Å². The highest BCUT2D eigenvalue weighted by atomic mass is 16.5. The predicted octanol–water partition coefficient (Wildman–Crippen LogP) is 5.48. The highest BCUT2D eigenvalue weighted by Gasteiger charge is 2.18. The van der Waals surface area contributed by atoms with E-state index in [0.29, 0.717) is 23.9 Å². The average Bonchev–Trinajstić information content (AvgIpc) is 2.70. The van der Waals surface area contributed by atoms with E-state index in [1.165, 1.54) is 19.3 Å². The second-order valence-corrected chi connectivity index (χ2v) is 7.70. The standard InChI is InChI=1S/C23H29N3O2/c1-16(2)13-20-23(26-22(27)14-17-7-5-4-6-8-17)24-15-21(25-20)18-9-11-19(28-3)12-10-18/h9-13,15,17H,4-8,14H2,1-3H3,(H,24,26,27). The molecule has 1 heterocycles. The van der Waals surface area contributed by atoms with Crippen molar-refractivity contribution in [1.29, 1.82) is 0 Å². The fourth-order valence-corrected chi connectivity index (χ4v) is 3.61. The van der Waals surface area contributed by atoms with Crippen LogP contribution in [-0.2, 0) is 4.79 Å². The number of anilines is 1. The minimum Gasteiger partial charge on any atom is -0.497 e. The van der Waals surface area contributed by atoms with Gasteiger partial charge in [-0.1, -0.05) is 24.8 Å². The number of methoxy groups -OCH3 is 1. The molecule has 1 aliphatic rings. The molecule has 28 heavy (non-hydrogen) atoms. The normalized spacial score (nSPS) is 14.4. The van der Waals surface area contributed by atoms with Crippen LogP contribution in [0, 0.1) is 5.92 Å². The maximum absolute atomic E-state index is 12.5. The molecule has 1 aromatic heterocycles. The number of rotatable bonds is 6. The number of hydrogen-bond donors (Lipinski definition) is 1. The zero-order valence-corrected chi connectivity index (χ0v) is 17.0. The number of benzene rings is 1. The van der Waals surface area contributed by atoms with E-state index >= 15 is 0 Å². The Balaban J connectivity index is 1.79. The van der Waals surface area contributed by atoms with Crippen LogP contribution in [0.4, 0.5) is 5.82 Å². The lowest BCUT2D eigenvalue weighted by Gasteiger charge is -2.20. The highest BCUT2D eigenvalue weighted by molar-refractivity contribution is 5.91. The van der Waals surface area contributed by atoms with Crippen LogP contribution in [0.15, 0.2) is 36.0 Å². The van der Waals surface area contributed by atoms with Crippen LogP contribution in [0.2, 0.25) is 0 Å². The zero-order chi connectivity index (χ0) is 19.9. The largest absolute Gasteiger partial charge is 0.497 e. The second-order valence-electron chi connectivity index (χ2n) is 7.70. The van der Waals surface area contributed by atoms with Gasteiger partial charge in [-0.25, -0.2) is 9.97 Å². The Labute approximate surface area is 167 Å². The molecule has 1 amide bonds. The van der Waals surface area contributed by atoms with Gasteiger partial charge in [-0.3, -0.25) is 4.79 Å². The van der Waals surface area contributed by atoms with Crippen molar-refractivity contribution in [3.63, 3.8) is 0 Å². The van der Waals surface area contributed by atoms with E-state index in [0.717, 1.165) is 35.4 Å². The molecule has 0 bridgehead atoms. The Kier molecular flexibility index (Phi) is 6.80. The van der Waals surface area contributed by atoms with Crippen molar-refractivity contribution >= 4 is 17.8 Å². The molecule has 1 N–H and O–H groups in total. The van der Waals surface area contributed by atoms with Crippen LogP contribution in [-0.4, -0.2) is 23.0 Å². The van der Waals surface area contributed by atoms with Crippen LogP contribution in [0.1, 0.15) is 58.1 Å². The molecule has 5 heteroatoms. The lowest BCUT2D eigenvalue weighted by molar-refractivity contribution is -0.117. The Hall–Kier alpha value is -2.69. The first kappa shape index (κ1) is 20.1. The van der Waals surface area contributed by atoms with Gasteiger partial charge in [0, 0.05) is 12.0 Å². The van der Waals surface area contributed by atoms with Gasteiger partial charge in [0.15, 0.2) is 5.82 Å². The number of aromatic nitrogens is 2. The number of ether oxygens (including phenoxy) is 1. The van der Waals surface area contributed by atoms with Crippen molar-refractivity contribution in [2.24, 2.45) is 5.92 Å². The summed E-state index contributed by atoms with van der Waals surface area (Å²) in [6, 6.07) is 7.71. The van der Waals surface area contributed by atoms with E-state index in [1.54, 1.807) is 13.3 Å². The van der Waals surface area contributed by atoms with Gasteiger partial charge in [0.2, 0.25) is 5.91 Å². The van der Waals surface area contributed by atoms with Crippen molar-refractivity contribution in [3.05, 3.63) is 41.7 Å². The Morgan fingerprint density at radius 3 is 2.54 bits per heavy atom. The average molecular weight is 380 g/mol. The summed E-state index contributed by atoms with van der Waals surface area (Å²) in [6.07, 6.45) is 10.3. The van der Waals surface area contributed by atoms with Gasteiger partial charge in [-0.05, 0) is 62.9 Å². The van der Waals surface area contributed by atoms with Crippen LogP contribution < -0.4 is 10.1 Å². The number of nitrogens with zero attached hydrogens (tertiary/aromatic N) is 2. The monoisotopic (exact) mass is 379 g/mol. The van der Waals surface area contributed by atoms with Crippen LogP contribution >= 0.6 is 0 Å². The molecule has 0 radical (unpaired) electrons. The molecule has 0 atom stereocenters. The SMILES string of the molecule is COc1ccc(-c2cnc(NC(=O)CC3CCCCC3)c(C=C(C)C)n2)cc1. The van der Waals surface area contributed by atoms with Crippen molar-refractivity contribution in [2.75, 3.05) is 12.4 Å². The predicted molar refractivity (Wildman–Crippen MR) is 113 cm³/mol. The summed E-state index contributed by atoms with van der Waals surface area (Å²) in [5.74, 6) is 1.85. The molecule has 3 rings (SSSR count). The lowest BCUT2D eigenvalue weighted by Crippen LogP contribution is -2.19.